The standard InChI is InChI=1S/C12H27N5/c1-10(2)9-14-12(15-13)17-7-5-11(6-8-17)16(3)4/h10-11H,5-9,13H2,1-4H3,(H,14,15). The molecule has 0 aromatic rings. The molecule has 0 unspecified atom stereocenters. The molecule has 100 valence electrons. The molecule has 1 heterocycles. The molecule has 0 radical (unpaired) electrons. The van der Waals surface area contributed by atoms with Gasteiger partial charge in [0, 0.05) is 25.7 Å². The zero-order valence-electron chi connectivity index (χ0n) is 11.6. The summed E-state index contributed by atoms with van der Waals surface area (Å²) in [5.74, 6) is 6.96. The maximum atomic E-state index is 5.55. The number of hydrazine groups is 1. The van der Waals surface area contributed by atoms with Gasteiger partial charge in [-0.05, 0) is 32.9 Å². The Morgan fingerprint density at radius 1 is 1.41 bits per heavy atom. The van der Waals surface area contributed by atoms with Gasteiger partial charge in [-0.25, -0.2) is 5.84 Å². The first-order valence-corrected chi connectivity index (χ1v) is 6.47. The predicted molar refractivity (Wildman–Crippen MR) is 72.7 cm³/mol. The average molecular weight is 241 g/mol. The SMILES string of the molecule is CC(C)CN=C(NN)N1CCC(N(C)C)CC1. The van der Waals surface area contributed by atoms with E-state index in [0.717, 1.165) is 25.6 Å². The number of nitrogens with zero attached hydrogens (tertiary/aromatic N) is 3. The normalized spacial score (nSPS) is 19.2. The minimum atomic E-state index is 0.567. The van der Waals surface area contributed by atoms with Crippen LogP contribution in [0.1, 0.15) is 26.7 Å². The van der Waals surface area contributed by atoms with Crippen molar-refractivity contribution in [3.8, 4) is 0 Å². The molecular weight excluding hydrogens is 214 g/mol. The molecule has 5 heteroatoms. The van der Waals surface area contributed by atoms with Crippen molar-refractivity contribution in [1.29, 1.82) is 0 Å². The summed E-state index contributed by atoms with van der Waals surface area (Å²) < 4.78 is 0. The highest BCUT2D eigenvalue weighted by Gasteiger charge is 2.22. The van der Waals surface area contributed by atoms with E-state index >= 15 is 0 Å². The second-order valence-electron chi connectivity index (χ2n) is 5.38. The molecular formula is C12H27N5. The highest BCUT2D eigenvalue weighted by Crippen LogP contribution is 2.14. The van der Waals surface area contributed by atoms with E-state index in [1.807, 2.05) is 0 Å². The first-order chi connectivity index (χ1) is 8.04. The van der Waals surface area contributed by atoms with Crippen molar-refractivity contribution < 1.29 is 0 Å². The van der Waals surface area contributed by atoms with E-state index < -0.39 is 0 Å². The smallest absolute Gasteiger partial charge is 0.208 e. The van der Waals surface area contributed by atoms with Gasteiger partial charge in [-0.1, -0.05) is 13.8 Å². The van der Waals surface area contributed by atoms with E-state index in [1.165, 1.54) is 12.8 Å². The topological polar surface area (TPSA) is 56.9 Å². The molecule has 0 aromatic heterocycles. The number of nitrogens with one attached hydrogen (secondary N) is 1. The number of hydrogen-bond acceptors (Lipinski definition) is 3. The summed E-state index contributed by atoms with van der Waals surface area (Å²) in [5, 5.41) is 0. The first kappa shape index (κ1) is 14.3. The number of nitrogens with two attached hydrogens (primary N) is 1. The molecule has 0 saturated carbocycles. The molecule has 0 aliphatic carbocycles. The lowest BCUT2D eigenvalue weighted by Crippen LogP contribution is -2.50. The third-order valence-electron chi connectivity index (χ3n) is 3.23. The van der Waals surface area contributed by atoms with Gasteiger partial charge in [0.1, 0.15) is 0 Å². The fourth-order valence-corrected chi connectivity index (χ4v) is 2.10. The number of rotatable bonds is 3. The summed E-state index contributed by atoms with van der Waals surface area (Å²) in [6.45, 7) is 7.22. The van der Waals surface area contributed by atoms with Crippen molar-refractivity contribution >= 4 is 5.96 Å². The molecule has 0 atom stereocenters. The fraction of sp³-hybridized carbons (Fsp3) is 0.917. The van der Waals surface area contributed by atoms with Crippen LogP contribution in [0.15, 0.2) is 4.99 Å². The maximum absolute atomic E-state index is 5.55. The predicted octanol–water partition coefficient (Wildman–Crippen LogP) is 0.488. The van der Waals surface area contributed by atoms with Crippen LogP contribution in [0.3, 0.4) is 0 Å². The zero-order valence-corrected chi connectivity index (χ0v) is 11.6. The van der Waals surface area contributed by atoms with Crippen LogP contribution in [0.4, 0.5) is 0 Å². The molecule has 17 heavy (non-hydrogen) atoms. The number of hydrogen-bond donors (Lipinski definition) is 2. The number of aliphatic imine (C=N–C) groups is 1. The number of guanidine groups is 1. The van der Waals surface area contributed by atoms with Crippen LogP contribution < -0.4 is 11.3 Å². The summed E-state index contributed by atoms with van der Waals surface area (Å²) in [7, 11) is 4.30. The van der Waals surface area contributed by atoms with E-state index in [9.17, 15) is 0 Å². The van der Waals surface area contributed by atoms with Crippen molar-refractivity contribution in [2.45, 2.75) is 32.7 Å². The molecule has 1 rings (SSSR count). The minimum absolute atomic E-state index is 0.567. The molecule has 1 fully saturated rings. The Bertz CT molecular complexity index is 241. The largest absolute Gasteiger partial charge is 0.342 e. The molecule has 0 aromatic carbocycles. The Morgan fingerprint density at radius 2 is 2.00 bits per heavy atom. The highest BCUT2D eigenvalue weighted by atomic mass is 15.4. The van der Waals surface area contributed by atoms with Crippen LogP contribution in [-0.2, 0) is 0 Å². The molecule has 3 N–H and O–H groups in total. The van der Waals surface area contributed by atoms with Crippen LogP contribution in [0.25, 0.3) is 0 Å². The van der Waals surface area contributed by atoms with Crippen LogP contribution in [0, 0.1) is 5.92 Å². The van der Waals surface area contributed by atoms with E-state index in [2.05, 4.69) is 48.2 Å². The summed E-state index contributed by atoms with van der Waals surface area (Å²) in [6, 6.07) is 0.690. The molecule has 0 amide bonds. The Hall–Kier alpha value is -0.810. The van der Waals surface area contributed by atoms with Crippen LogP contribution in [-0.4, -0.2) is 55.5 Å². The first-order valence-electron chi connectivity index (χ1n) is 6.47. The van der Waals surface area contributed by atoms with E-state index in [-0.39, 0.29) is 0 Å². The van der Waals surface area contributed by atoms with Gasteiger partial charge in [0.05, 0.1) is 0 Å². The second-order valence-corrected chi connectivity index (χ2v) is 5.38. The third kappa shape index (κ3) is 4.52. The monoisotopic (exact) mass is 241 g/mol. The average Bonchev–Trinajstić information content (AvgIpc) is 2.30. The van der Waals surface area contributed by atoms with Gasteiger partial charge >= 0.3 is 0 Å². The Labute approximate surface area is 105 Å². The van der Waals surface area contributed by atoms with E-state index in [0.29, 0.717) is 12.0 Å². The zero-order chi connectivity index (χ0) is 12.8. The van der Waals surface area contributed by atoms with Crippen LogP contribution in [0.2, 0.25) is 0 Å². The summed E-state index contributed by atoms with van der Waals surface area (Å²) in [4.78, 5) is 9.08. The summed E-state index contributed by atoms with van der Waals surface area (Å²) >= 11 is 0. The summed E-state index contributed by atoms with van der Waals surface area (Å²) in [6.07, 6.45) is 2.35. The highest BCUT2D eigenvalue weighted by molar-refractivity contribution is 5.79. The quantitative estimate of drug-likeness (QED) is 0.327. The van der Waals surface area contributed by atoms with Gasteiger partial charge < -0.3 is 9.80 Å². The molecule has 0 bridgehead atoms. The van der Waals surface area contributed by atoms with E-state index in [4.69, 9.17) is 5.84 Å². The lowest BCUT2D eigenvalue weighted by atomic mass is 10.0. The third-order valence-corrected chi connectivity index (χ3v) is 3.23. The molecule has 1 aliphatic heterocycles. The molecule has 0 spiro atoms. The summed E-state index contributed by atoms with van der Waals surface area (Å²) in [5.41, 5.74) is 2.73. The van der Waals surface area contributed by atoms with Crippen molar-refractivity contribution in [2.24, 2.45) is 16.8 Å². The van der Waals surface area contributed by atoms with Gasteiger partial charge in [0.2, 0.25) is 5.96 Å². The Balaban J connectivity index is 2.47. The van der Waals surface area contributed by atoms with Gasteiger partial charge in [-0.15, -0.1) is 0 Å². The molecule has 1 aliphatic rings. The van der Waals surface area contributed by atoms with Gasteiger partial charge in [-0.2, -0.15) is 0 Å². The number of likely N-dealkylation sites (tertiary alicyclic amines) is 1. The Morgan fingerprint density at radius 3 is 2.41 bits per heavy atom. The van der Waals surface area contributed by atoms with Gasteiger partial charge in [0.25, 0.3) is 0 Å². The van der Waals surface area contributed by atoms with E-state index in [1.54, 1.807) is 0 Å². The van der Waals surface area contributed by atoms with Crippen LogP contribution in [0.5, 0.6) is 0 Å². The van der Waals surface area contributed by atoms with Crippen molar-refractivity contribution in [2.75, 3.05) is 33.7 Å². The number of piperidine rings is 1. The van der Waals surface area contributed by atoms with Crippen molar-refractivity contribution in [3.63, 3.8) is 0 Å². The lowest BCUT2D eigenvalue weighted by Gasteiger charge is -2.36. The van der Waals surface area contributed by atoms with Crippen LogP contribution >= 0.6 is 0 Å². The Kier molecular flexibility index (Phi) is 5.71. The maximum Gasteiger partial charge on any atom is 0.208 e. The second kappa shape index (κ2) is 6.81. The molecule has 1 saturated heterocycles. The minimum Gasteiger partial charge on any atom is -0.342 e. The van der Waals surface area contributed by atoms with Gasteiger partial charge in [-0.3, -0.25) is 10.4 Å². The van der Waals surface area contributed by atoms with Crippen molar-refractivity contribution in [3.05, 3.63) is 0 Å². The fourth-order valence-electron chi connectivity index (χ4n) is 2.10. The van der Waals surface area contributed by atoms with Crippen molar-refractivity contribution in [1.82, 2.24) is 15.2 Å². The lowest BCUT2D eigenvalue weighted by molar-refractivity contribution is 0.188. The van der Waals surface area contributed by atoms with Gasteiger partial charge in [0.15, 0.2) is 0 Å². The molecule has 5 nitrogen and oxygen atoms in total.